The maximum absolute atomic E-state index is 11.6. The predicted octanol–water partition coefficient (Wildman–Crippen LogP) is 2.18. The van der Waals surface area contributed by atoms with E-state index in [2.05, 4.69) is 0 Å². The molecule has 6 nitrogen and oxygen atoms in total. The maximum atomic E-state index is 11.6. The van der Waals surface area contributed by atoms with Crippen LogP contribution in [0.5, 0.6) is 0 Å². The lowest BCUT2D eigenvalue weighted by Gasteiger charge is -2.31. The van der Waals surface area contributed by atoms with E-state index < -0.39 is 21.5 Å². The molecule has 0 saturated carbocycles. The van der Waals surface area contributed by atoms with E-state index in [1.54, 1.807) is 6.92 Å². The molecule has 1 fully saturated rings. The van der Waals surface area contributed by atoms with Crippen LogP contribution in [0.1, 0.15) is 52.9 Å². The van der Waals surface area contributed by atoms with Crippen molar-refractivity contribution in [2.24, 2.45) is 5.41 Å². The SMILES string of the molecule is CCCCC(C)(C(=O)O)[C@H]1CC[C@@H](COS(=O)(=O)CC)O1. The zero-order valence-corrected chi connectivity index (χ0v) is 13.8. The van der Waals surface area contributed by atoms with Crippen LogP contribution in [-0.2, 0) is 23.8 Å². The third kappa shape index (κ3) is 4.93. The van der Waals surface area contributed by atoms with Crippen LogP contribution in [0.15, 0.2) is 0 Å². The molecule has 0 aliphatic carbocycles. The molecule has 0 amide bonds. The number of unbranched alkanes of at least 4 members (excludes halogenated alkanes) is 1. The largest absolute Gasteiger partial charge is 0.481 e. The Morgan fingerprint density at radius 1 is 1.38 bits per heavy atom. The van der Waals surface area contributed by atoms with Gasteiger partial charge in [-0.1, -0.05) is 19.8 Å². The number of ether oxygens (including phenoxy) is 1. The minimum Gasteiger partial charge on any atom is -0.481 e. The predicted molar refractivity (Wildman–Crippen MR) is 78.6 cm³/mol. The molecule has 1 N–H and O–H groups in total. The highest BCUT2D eigenvalue weighted by Crippen LogP contribution is 2.38. The second-order valence-electron chi connectivity index (χ2n) is 5.78. The molecule has 21 heavy (non-hydrogen) atoms. The first-order valence-corrected chi connectivity index (χ1v) is 9.09. The standard InChI is InChI=1S/C14H26O6S/c1-4-6-9-14(3,13(15)16)12-8-7-11(20-12)10-19-21(17,18)5-2/h11-12H,4-10H2,1-3H3,(H,15,16)/t11-,12+,14?/m0/s1. The topological polar surface area (TPSA) is 89.9 Å². The highest BCUT2D eigenvalue weighted by molar-refractivity contribution is 7.86. The summed E-state index contributed by atoms with van der Waals surface area (Å²) in [4.78, 5) is 11.6. The summed E-state index contributed by atoms with van der Waals surface area (Å²) in [5.74, 6) is -0.935. The van der Waals surface area contributed by atoms with Crippen molar-refractivity contribution < 1.29 is 27.2 Å². The molecule has 1 rings (SSSR count). The molecule has 0 radical (unpaired) electrons. The van der Waals surface area contributed by atoms with Crippen LogP contribution in [-0.4, -0.2) is 44.1 Å². The van der Waals surface area contributed by atoms with Gasteiger partial charge in [-0.15, -0.1) is 0 Å². The van der Waals surface area contributed by atoms with Crippen molar-refractivity contribution in [3.05, 3.63) is 0 Å². The Kier molecular flexibility index (Phi) is 6.62. The molecular weight excluding hydrogens is 296 g/mol. The molecule has 7 heteroatoms. The summed E-state index contributed by atoms with van der Waals surface area (Å²) in [6, 6.07) is 0. The van der Waals surface area contributed by atoms with Gasteiger partial charge in [-0.2, -0.15) is 8.42 Å². The van der Waals surface area contributed by atoms with Crippen molar-refractivity contribution in [1.29, 1.82) is 0 Å². The Labute approximate surface area is 126 Å². The Hall–Kier alpha value is -0.660. The number of rotatable bonds is 9. The smallest absolute Gasteiger partial charge is 0.311 e. The van der Waals surface area contributed by atoms with E-state index in [-0.39, 0.29) is 24.6 Å². The van der Waals surface area contributed by atoms with Crippen molar-refractivity contribution in [3.8, 4) is 0 Å². The summed E-state index contributed by atoms with van der Waals surface area (Å²) in [5, 5.41) is 9.50. The Morgan fingerprint density at radius 3 is 2.57 bits per heavy atom. The van der Waals surface area contributed by atoms with Gasteiger partial charge < -0.3 is 9.84 Å². The lowest BCUT2D eigenvalue weighted by Crippen LogP contribution is -2.40. The summed E-state index contributed by atoms with van der Waals surface area (Å²) in [6.07, 6.45) is 2.82. The fraction of sp³-hybridized carbons (Fsp3) is 0.929. The first-order valence-electron chi connectivity index (χ1n) is 7.51. The normalized spacial score (nSPS) is 25.7. The fourth-order valence-electron chi connectivity index (χ4n) is 2.51. The number of hydrogen-bond acceptors (Lipinski definition) is 5. The summed E-state index contributed by atoms with van der Waals surface area (Å²) >= 11 is 0. The highest BCUT2D eigenvalue weighted by Gasteiger charge is 2.45. The van der Waals surface area contributed by atoms with Crippen LogP contribution >= 0.6 is 0 Å². The number of hydrogen-bond donors (Lipinski definition) is 1. The quantitative estimate of drug-likeness (QED) is 0.654. The van der Waals surface area contributed by atoms with E-state index in [4.69, 9.17) is 8.92 Å². The average Bonchev–Trinajstić information content (AvgIpc) is 2.92. The summed E-state index contributed by atoms with van der Waals surface area (Å²) in [7, 11) is -3.49. The number of carboxylic acids is 1. The van der Waals surface area contributed by atoms with Crippen LogP contribution in [0.3, 0.4) is 0 Å². The van der Waals surface area contributed by atoms with Gasteiger partial charge in [-0.25, -0.2) is 0 Å². The van der Waals surface area contributed by atoms with Gasteiger partial charge in [-0.05, 0) is 33.1 Å². The number of aliphatic carboxylic acids is 1. The van der Waals surface area contributed by atoms with Gasteiger partial charge in [0.2, 0.25) is 0 Å². The van der Waals surface area contributed by atoms with Gasteiger partial charge in [0.15, 0.2) is 0 Å². The van der Waals surface area contributed by atoms with Crippen LogP contribution in [0.4, 0.5) is 0 Å². The van der Waals surface area contributed by atoms with Gasteiger partial charge in [0.05, 0.1) is 30.0 Å². The van der Waals surface area contributed by atoms with E-state index in [0.717, 1.165) is 12.8 Å². The monoisotopic (exact) mass is 322 g/mol. The third-order valence-corrected chi connectivity index (χ3v) is 5.35. The molecule has 1 unspecified atom stereocenters. The minimum absolute atomic E-state index is 0.0316. The molecule has 1 aliphatic rings. The van der Waals surface area contributed by atoms with E-state index in [9.17, 15) is 18.3 Å². The van der Waals surface area contributed by atoms with Crippen molar-refractivity contribution in [2.75, 3.05) is 12.4 Å². The summed E-state index contributed by atoms with van der Waals surface area (Å²) < 4.78 is 33.2. The second kappa shape index (κ2) is 7.56. The average molecular weight is 322 g/mol. The maximum Gasteiger partial charge on any atom is 0.311 e. The van der Waals surface area contributed by atoms with Gasteiger partial charge >= 0.3 is 5.97 Å². The van der Waals surface area contributed by atoms with Crippen molar-refractivity contribution in [1.82, 2.24) is 0 Å². The molecule has 124 valence electrons. The van der Waals surface area contributed by atoms with Crippen LogP contribution < -0.4 is 0 Å². The zero-order chi connectivity index (χ0) is 16.1. The molecule has 3 atom stereocenters. The number of carbonyl (C=O) groups is 1. The zero-order valence-electron chi connectivity index (χ0n) is 13.0. The molecule has 1 aliphatic heterocycles. The molecular formula is C14H26O6S. The second-order valence-corrected chi connectivity index (χ2v) is 7.71. The summed E-state index contributed by atoms with van der Waals surface area (Å²) in [5.41, 5.74) is -0.922. The van der Waals surface area contributed by atoms with Crippen LogP contribution in [0.25, 0.3) is 0 Å². The van der Waals surface area contributed by atoms with E-state index in [0.29, 0.717) is 19.3 Å². The lowest BCUT2D eigenvalue weighted by atomic mass is 9.78. The van der Waals surface area contributed by atoms with Gasteiger partial charge in [0.25, 0.3) is 10.1 Å². The van der Waals surface area contributed by atoms with Gasteiger partial charge in [0, 0.05) is 0 Å². The molecule has 0 spiro atoms. The number of carboxylic acid groups (broad SMARTS) is 1. The minimum atomic E-state index is -3.49. The molecule has 0 aromatic rings. The lowest BCUT2D eigenvalue weighted by molar-refractivity contribution is -0.159. The Balaban J connectivity index is 2.60. The first kappa shape index (κ1) is 18.4. The molecule has 0 aromatic heterocycles. The van der Waals surface area contributed by atoms with Crippen molar-refractivity contribution in [2.45, 2.75) is 65.1 Å². The van der Waals surface area contributed by atoms with Crippen molar-refractivity contribution in [3.63, 3.8) is 0 Å². The van der Waals surface area contributed by atoms with Crippen molar-refractivity contribution >= 4 is 16.1 Å². The Morgan fingerprint density at radius 2 is 2.05 bits per heavy atom. The fourth-order valence-corrected chi connectivity index (χ4v) is 3.04. The molecule has 1 saturated heterocycles. The molecule has 0 bridgehead atoms. The first-order chi connectivity index (χ1) is 9.75. The van der Waals surface area contributed by atoms with Crippen LogP contribution in [0, 0.1) is 5.41 Å². The molecule has 0 aromatic carbocycles. The third-order valence-electron chi connectivity index (χ3n) is 4.14. The van der Waals surface area contributed by atoms with Gasteiger partial charge in [0.1, 0.15) is 0 Å². The van der Waals surface area contributed by atoms with E-state index in [1.165, 1.54) is 6.92 Å². The van der Waals surface area contributed by atoms with E-state index >= 15 is 0 Å². The van der Waals surface area contributed by atoms with E-state index in [1.807, 2.05) is 6.92 Å². The molecule has 1 heterocycles. The van der Waals surface area contributed by atoms with Gasteiger partial charge in [-0.3, -0.25) is 8.98 Å². The Bertz CT molecular complexity index is 446. The summed E-state index contributed by atoms with van der Waals surface area (Å²) in [6.45, 7) is 5.21. The van der Waals surface area contributed by atoms with Crippen LogP contribution in [0.2, 0.25) is 0 Å². The highest BCUT2D eigenvalue weighted by atomic mass is 32.2.